The highest BCUT2D eigenvalue weighted by Crippen LogP contribution is 2.18. The smallest absolute Gasteiger partial charge is 0.269 e. The normalized spacial score (nSPS) is 13.7. The van der Waals surface area contributed by atoms with Crippen LogP contribution in [0.1, 0.15) is 36.2 Å². The maximum atomic E-state index is 11.8. The zero-order valence-corrected chi connectivity index (χ0v) is 11.6. The Morgan fingerprint density at radius 3 is 2.75 bits per heavy atom. The average molecular weight is 276 g/mol. The Bertz CT molecular complexity index is 469. The van der Waals surface area contributed by atoms with Gasteiger partial charge in [-0.2, -0.15) is 0 Å². The first-order chi connectivity index (χ1) is 9.69. The molecule has 6 heteroatoms. The van der Waals surface area contributed by atoms with E-state index >= 15 is 0 Å². The molecule has 1 fully saturated rings. The minimum atomic E-state index is -0.213. The summed E-state index contributed by atoms with van der Waals surface area (Å²) in [5, 5.41) is 8.61. The van der Waals surface area contributed by atoms with Gasteiger partial charge in [0.15, 0.2) is 0 Å². The van der Waals surface area contributed by atoms with Crippen LogP contribution in [0.2, 0.25) is 0 Å². The Hall–Kier alpha value is -2.11. The number of pyridine rings is 1. The Kier molecular flexibility index (Phi) is 4.92. The fourth-order valence-electron chi connectivity index (χ4n) is 1.74. The van der Waals surface area contributed by atoms with Gasteiger partial charge in [0.2, 0.25) is 5.91 Å². The first kappa shape index (κ1) is 14.3. The van der Waals surface area contributed by atoms with E-state index in [1.165, 1.54) is 0 Å². The maximum absolute atomic E-state index is 11.8. The van der Waals surface area contributed by atoms with Gasteiger partial charge in [-0.15, -0.1) is 0 Å². The van der Waals surface area contributed by atoms with Crippen molar-refractivity contribution >= 4 is 17.5 Å². The fraction of sp³-hybridized carbons (Fsp3) is 0.500. The van der Waals surface area contributed by atoms with Gasteiger partial charge in [0.25, 0.3) is 5.91 Å². The lowest BCUT2D eigenvalue weighted by molar-refractivity contribution is -0.121. The van der Waals surface area contributed by atoms with E-state index < -0.39 is 0 Å². The van der Waals surface area contributed by atoms with E-state index in [2.05, 4.69) is 20.9 Å². The molecule has 0 spiro atoms. The van der Waals surface area contributed by atoms with Gasteiger partial charge in [-0.05, 0) is 31.4 Å². The lowest BCUT2D eigenvalue weighted by atomic mass is 10.2. The van der Waals surface area contributed by atoms with Crippen LogP contribution in [-0.2, 0) is 4.79 Å². The highest BCUT2D eigenvalue weighted by atomic mass is 16.2. The lowest BCUT2D eigenvalue weighted by Gasteiger charge is -2.06. The minimum absolute atomic E-state index is 0.0678. The summed E-state index contributed by atoms with van der Waals surface area (Å²) in [6.07, 6.45) is 4.88. The van der Waals surface area contributed by atoms with Gasteiger partial charge in [-0.25, -0.2) is 4.98 Å². The molecule has 0 atom stereocenters. The van der Waals surface area contributed by atoms with Crippen molar-refractivity contribution in [2.24, 2.45) is 0 Å². The molecule has 0 radical (unpaired) electrons. The molecule has 2 amide bonds. The van der Waals surface area contributed by atoms with Crippen LogP contribution in [-0.4, -0.2) is 36.4 Å². The molecule has 1 aromatic heterocycles. The minimum Gasteiger partial charge on any atom is -0.387 e. The van der Waals surface area contributed by atoms with Crippen LogP contribution in [0, 0.1) is 0 Å². The van der Waals surface area contributed by atoms with Crippen molar-refractivity contribution in [1.82, 2.24) is 15.6 Å². The molecule has 0 aromatic carbocycles. The Morgan fingerprint density at radius 2 is 2.15 bits per heavy atom. The summed E-state index contributed by atoms with van der Waals surface area (Å²) in [6.45, 7) is 0.479. The predicted octanol–water partition coefficient (Wildman–Crippen LogP) is 0.912. The molecule has 1 heterocycles. The van der Waals surface area contributed by atoms with Gasteiger partial charge in [0, 0.05) is 26.1 Å². The van der Waals surface area contributed by atoms with Gasteiger partial charge in [0.05, 0.1) is 11.9 Å². The number of hydrogen-bond acceptors (Lipinski definition) is 4. The first-order valence-corrected chi connectivity index (χ1v) is 6.90. The Balaban J connectivity index is 1.64. The highest BCUT2D eigenvalue weighted by molar-refractivity contribution is 5.92. The third kappa shape index (κ3) is 4.53. The fourth-order valence-corrected chi connectivity index (χ4v) is 1.74. The zero-order valence-electron chi connectivity index (χ0n) is 11.6. The molecule has 2 rings (SSSR count). The van der Waals surface area contributed by atoms with Gasteiger partial charge in [-0.1, -0.05) is 0 Å². The molecule has 1 aliphatic carbocycles. The SMILES string of the molecule is CNc1ccc(C(=O)NCCCC(=O)NC2CC2)nc1. The van der Waals surface area contributed by atoms with Crippen molar-refractivity contribution in [3.63, 3.8) is 0 Å². The summed E-state index contributed by atoms with van der Waals surface area (Å²) in [6, 6.07) is 3.86. The van der Waals surface area contributed by atoms with Crippen LogP contribution in [0.3, 0.4) is 0 Å². The molecule has 0 saturated heterocycles. The second-order valence-corrected chi connectivity index (χ2v) is 4.88. The van der Waals surface area contributed by atoms with E-state index in [-0.39, 0.29) is 11.8 Å². The summed E-state index contributed by atoms with van der Waals surface area (Å²) in [5.41, 5.74) is 1.24. The number of aromatic nitrogens is 1. The van der Waals surface area contributed by atoms with Crippen LogP contribution >= 0.6 is 0 Å². The van der Waals surface area contributed by atoms with Gasteiger partial charge in [-0.3, -0.25) is 9.59 Å². The summed E-state index contributed by atoms with van der Waals surface area (Å²) in [5.74, 6) is -0.145. The number of amides is 2. The van der Waals surface area contributed by atoms with E-state index in [9.17, 15) is 9.59 Å². The quantitative estimate of drug-likeness (QED) is 0.646. The number of hydrogen-bond donors (Lipinski definition) is 3. The number of carbonyl (C=O) groups excluding carboxylic acids is 2. The highest BCUT2D eigenvalue weighted by Gasteiger charge is 2.22. The monoisotopic (exact) mass is 276 g/mol. The Labute approximate surface area is 118 Å². The van der Waals surface area contributed by atoms with Crippen molar-refractivity contribution < 1.29 is 9.59 Å². The lowest BCUT2D eigenvalue weighted by Crippen LogP contribution is -2.28. The molecular formula is C14H20N4O2. The standard InChI is InChI=1S/C14H20N4O2/c1-15-11-6-7-12(17-9-11)14(20)16-8-2-3-13(19)18-10-4-5-10/h6-7,9-10,15H,2-5,8H2,1H3,(H,16,20)(H,18,19). The second-order valence-electron chi connectivity index (χ2n) is 4.88. The molecule has 1 aromatic rings. The van der Waals surface area contributed by atoms with Crippen molar-refractivity contribution in [1.29, 1.82) is 0 Å². The number of anilines is 1. The number of carbonyl (C=O) groups is 2. The van der Waals surface area contributed by atoms with Crippen molar-refractivity contribution in [2.75, 3.05) is 18.9 Å². The molecule has 0 aliphatic heterocycles. The van der Waals surface area contributed by atoms with Crippen molar-refractivity contribution in [2.45, 2.75) is 31.7 Å². The van der Waals surface area contributed by atoms with E-state index in [0.29, 0.717) is 31.1 Å². The molecule has 20 heavy (non-hydrogen) atoms. The summed E-state index contributed by atoms with van der Waals surface area (Å²) < 4.78 is 0. The summed E-state index contributed by atoms with van der Waals surface area (Å²) in [7, 11) is 1.80. The third-order valence-corrected chi connectivity index (χ3v) is 3.09. The molecule has 0 unspecified atom stereocenters. The predicted molar refractivity (Wildman–Crippen MR) is 76.5 cm³/mol. The van der Waals surface area contributed by atoms with E-state index in [1.807, 2.05) is 0 Å². The van der Waals surface area contributed by atoms with Gasteiger partial charge in [0.1, 0.15) is 5.69 Å². The van der Waals surface area contributed by atoms with E-state index in [0.717, 1.165) is 18.5 Å². The summed E-state index contributed by atoms with van der Waals surface area (Å²) >= 11 is 0. The molecule has 1 saturated carbocycles. The molecule has 1 aliphatic rings. The van der Waals surface area contributed by atoms with Crippen molar-refractivity contribution in [3.05, 3.63) is 24.0 Å². The largest absolute Gasteiger partial charge is 0.387 e. The summed E-state index contributed by atoms with van der Waals surface area (Å²) in [4.78, 5) is 27.3. The number of rotatable bonds is 7. The maximum Gasteiger partial charge on any atom is 0.269 e. The molecule has 0 bridgehead atoms. The van der Waals surface area contributed by atoms with Crippen LogP contribution < -0.4 is 16.0 Å². The molecule has 6 nitrogen and oxygen atoms in total. The second kappa shape index (κ2) is 6.88. The average Bonchev–Trinajstić information content (AvgIpc) is 3.27. The number of nitrogens with one attached hydrogen (secondary N) is 3. The van der Waals surface area contributed by atoms with Crippen LogP contribution in [0.5, 0.6) is 0 Å². The number of nitrogens with zero attached hydrogens (tertiary/aromatic N) is 1. The van der Waals surface area contributed by atoms with Crippen molar-refractivity contribution in [3.8, 4) is 0 Å². The van der Waals surface area contributed by atoms with Crippen LogP contribution in [0.15, 0.2) is 18.3 Å². The molecule has 3 N–H and O–H groups in total. The topological polar surface area (TPSA) is 83.1 Å². The van der Waals surface area contributed by atoms with Gasteiger partial charge >= 0.3 is 0 Å². The molecular weight excluding hydrogens is 256 g/mol. The van der Waals surface area contributed by atoms with Crippen LogP contribution in [0.4, 0.5) is 5.69 Å². The van der Waals surface area contributed by atoms with Gasteiger partial charge < -0.3 is 16.0 Å². The first-order valence-electron chi connectivity index (χ1n) is 6.90. The van der Waals surface area contributed by atoms with E-state index in [1.54, 1.807) is 25.4 Å². The third-order valence-electron chi connectivity index (χ3n) is 3.09. The Morgan fingerprint density at radius 1 is 1.35 bits per heavy atom. The molecule has 108 valence electrons. The van der Waals surface area contributed by atoms with E-state index in [4.69, 9.17) is 0 Å². The zero-order chi connectivity index (χ0) is 14.4. The van der Waals surface area contributed by atoms with Crippen LogP contribution in [0.25, 0.3) is 0 Å².